The SMILES string of the molecule is CC1C(C(=O)NCc2ccccc2)N([O-])c2cc(Cl)c(Cl)cc2N1[O-]. The molecule has 25 heavy (non-hydrogen) atoms. The summed E-state index contributed by atoms with van der Waals surface area (Å²) in [6, 6.07) is 9.87. The third kappa shape index (κ3) is 3.39. The Bertz CT molecular complexity index is 788. The predicted octanol–water partition coefficient (Wildman–Crippen LogP) is 3.69. The van der Waals surface area contributed by atoms with Gasteiger partial charge in [-0.1, -0.05) is 53.5 Å². The van der Waals surface area contributed by atoms with E-state index in [0.717, 1.165) is 5.56 Å². The molecule has 3 rings (SSSR count). The second-order valence-electron chi connectivity index (χ2n) is 5.80. The van der Waals surface area contributed by atoms with Gasteiger partial charge >= 0.3 is 0 Å². The van der Waals surface area contributed by atoms with Gasteiger partial charge in [-0.15, -0.1) is 0 Å². The van der Waals surface area contributed by atoms with Crippen molar-refractivity contribution >= 4 is 40.5 Å². The summed E-state index contributed by atoms with van der Waals surface area (Å²) in [5.41, 5.74) is 1.03. The lowest BCUT2D eigenvalue weighted by Crippen LogP contribution is -2.58. The summed E-state index contributed by atoms with van der Waals surface area (Å²) in [6.45, 7) is 1.79. The molecule has 0 aliphatic carbocycles. The van der Waals surface area contributed by atoms with Crippen LogP contribution in [0.5, 0.6) is 0 Å². The molecule has 0 bridgehead atoms. The van der Waals surface area contributed by atoms with E-state index < -0.39 is 18.0 Å². The van der Waals surface area contributed by atoms with Crippen LogP contribution in [-0.2, 0) is 11.3 Å². The second-order valence-corrected chi connectivity index (χ2v) is 6.61. The molecule has 1 N–H and O–H groups in total. The van der Waals surface area contributed by atoms with Crippen LogP contribution in [0.1, 0.15) is 12.5 Å². The molecule has 0 radical (unpaired) electrons. The van der Waals surface area contributed by atoms with E-state index in [1.165, 1.54) is 19.1 Å². The zero-order valence-corrected chi connectivity index (χ0v) is 14.8. The maximum Gasteiger partial charge on any atom is 0.244 e. The third-order valence-electron chi connectivity index (χ3n) is 4.15. The average Bonchev–Trinajstić information content (AvgIpc) is 2.61. The highest BCUT2D eigenvalue weighted by Gasteiger charge is 2.34. The first-order valence-electron chi connectivity index (χ1n) is 7.63. The molecular weight excluding hydrogens is 365 g/mol. The van der Waals surface area contributed by atoms with E-state index in [9.17, 15) is 15.2 Å². The topological polar surface area (TPSA) is 81.7 Å². The predicted molar refractivity (Wildman–Crippen MR) is 99.7 cm³/mol. The molecule has 8 heteroatoms. The third-order valence-corrected chi connectivity index (χ3v) is 4.87. The normalized spacial score (nSPS) is 19.6. The van der Waals surface area contributed by atoms with Gasteiger partial charge in [0.15, 0.2) is 0 Å². The number of fused-ring (bicyclic) bond motifs is 1. The van der Waals surface area contributed by atoms with Crippen molar-refractivity contribution in [2.24, 2.45) is 0 Å². The molecule has 1 aliphatic rings. The minimum absolute atomic E-state index is 0.0300. The van der Waals surface area contributed by atoms with Crippen molar-refractivity contribution in [3.63, 3.8) is 0 Å². The van der Waals surface area contributed by atoms with Crippen LogP contribution in [0.15, 0.2) is 42.5 Å². The number of hydroxylamine groups is 2. The standard InChI is InChI=1S/C17H15Cl2N3O3/c1-10-16(17(23)20-9-11-5-3-2-4-6-11)22(25)15-8-13(19)12(18)7-14(15)21(10)24/h2-8,10,16H,9H2,1H3,(H,20,23)/q-2. The van der Waals surface area contributed by atoms with Gasteiger partial charge in [-0.05, 0) is 24.6 Å². The fourth-order valence-corrected chi connectivity index (χ4v) is 3.10. The zero-order chi connectivity index (χ0) is 18.1. The molecule has 0 aromatic heterocycles. The first-order valence-corrected chi connectivity index (χ1v) is 8.39. The van der Waals surface area contributed by atoms with Gasteiger partial charge in [-0.3, -0.25) is 4.79 Å². The second kappa shape index (κ2) is 7.09. The summed E-state index contributed by atoms with van der Waals surface area (Å²) in [5.74, 6) is -0.524. The number of amides is 1. The number of hydrogen-bond donors (Lipinski definition) is 1. The minimum atomic E-state index is -1.19. The highest BCUT2D eigenvalue weighted by atomic mass is 35.5. The lowest BCUT2D eigenvalue weighted by Gasteiger charge is -2.54. The smallest absolute Gasteiger partial charge is 0.244 e. The van der Waals surface area contributed by atoms with Crippen LogP contribution in [0.3, 0.4) is 0 Å². The van der Waals surface area contributed by atoms with Gasteiger partial charge in [0.1, 0.15) is 6.04 Å². The zero-order valence-electron chi connectivity index (χ0n) is 13.3. The van der Waals surface area contributed by atoms with Crippen molar-refractivity contribution in [3.05, 3.63) is 68.5 Å². The van der Waals surface area contributed by atoms with Gasteiger partial charge in [-0.25, -0.2) is 0 Å². The molecule has 6 nitrogen and oxygen atoms in total. The first-order chi connectivity index (χ1) is 11.9. The van der Waals surface area contributed by atoms with Crippen LogP contribution < -0.4 is 15.4 Å². The number of carbonyl (C=O) groups excluding carboxylic acids is 1. The number of hydrogen-bond acceptors (Lipinski definition) is 5. The summed E-state index contributed by atoms with van der Waals surface area (Å²) >= 11 is 11.9. The molecule has 1 heterocycles. The van der Waals surface area contributed by atoms with Crippen LogP contribution >= 0.6 is 23.2 Å². The fourth-order valence-electron chi connectivity index (χ4n) is 2.79. The fraction of sp³-hybridized carbons (Fsp3) is 0.235. The van der Waals surface area contributed by atoms with Crippen LogP contribution in [0.2, 0.25) is 10.0 Å². The largest absolute Gasteiger partial charge is 0.758 e. The molecule has 2 unspecified atom stereocenters. The molecule has 0 saturated carbocycles. The molecule has 2 aromatic rings. The number of benzene rings is 2. The Morgan fingerprint density at radius 3 is 2.24 bits per heavy atom. The van der Waals surface area contributed by atoms with Gasteiger partial charge in [-0.2, -0.15) is 0 Å². The molecular formula is C17H15Cl2N3O3-2. The van der Waals surface area contributed by atoms with Gasteiger partial charge in [0.25, 0.3) is 0 Å². The number of carbonyl (C=O) groups is 1. The maximum atomic E-state index is 12.7. The van der Waals surface area contributed by atoms with Crippen LogP contribution in [0, 0.1) is 10.4 Å². The van der Waals surface area contributed by atoms with E-state index in [4.69, 9.17) is 23.2 Å². The molecule has 1 aliphatic heterocycles. The summed E-state index contributed by atoms with van der Waals surface area (Å²) in [7, 11) is 0. The van der Waals surface area contributed by atoms with Crippen LogP contribution in [0.25, 0.3) is 0 Å². The Hall–Kier alpha value is -1.99. The van der Waals surface area contributed by atoms with Gasteiger partial charge < -0.3 is 25.9 Å². The van der Waals surface area contributed by atoms with E-state index in [1.807, 2.05) is 30.3 Å². The lowest BCUT2D eigenvalue weighted by atomic mass is 10.0. The van der Waals surface area contributed by atoms with Gasteiger partial charge in [0.2, 0.25) is 5.91 Å². The Morgan fingerprint density at radius 1 is 1.08 bits per heavy atom. The molecule has 0 spiro atoms. The molecule has 2 aromatic carbocycles. The first kappa shape index (κ1) is 17.8. The minimum Gasteiger partial charge on any atom is -0.758 e. The number of anilines is 2. The van der Waals surface area contributed by atoms with Crippen molar-refractivity contribution in [1.29, 1.82) is 0 Å². The highest BCUT2D eigenvalue weighted by molar-refractivity contribution is 6.42. The van der Waals surface area contributed by atoms with Crippen LogP contribution in [-0.4, -0.2) is 18.0 Å². The molecule has 0 saturated heterocycles. The lowest BCUT2D eigenvalue weighted by molar-refractivity contribution is -0.122. The summed E-state index contributed by atoms with van der Waals surface area (Å²) in [5, 5.41) is 29.3. The van der Waals surface area contributed by atoms with E-state index in [-0.39, 0.29) is 28.0 Å². The molecule has 0 fully saturated rings. The monoisotopic (exact) mass is 379 g/mol. The van der Waals surface area contributed by atoms with E-state index in [2.05, 4.69) is 5.32 Å². The maximum absolute atomic E-state index is 12.7. The van der Waals surface area contributed by atoms with E-state index in [1.54, 1.807) is 0 Å². The number of halogens is 2. The number of nitrogens with one attached hydrogen (secondary N) is 1. The Balaban J connectivity index is 1.83. The Kier molecular flexibility index (Phi) is 5.06. The van der Waals surface area contributed by atoms with Gasteiger partial charge in [0, 0.05) is 12.6 Å². The van der Waals surface area contributed by atoms with E-state index in [0.29, 0.717) is 10.1 Å². The quantitative estimate of drug-likeness (QED) is 0.878. The summed E-state index contributed by atoms with van der Waals surface area (Å²) in [4.78, 5) is 12.5. The van der Waals surface area contributed by atoms with Crippen molar-refractivity contribution in [3.8, 4) is 0 Å². The Morgan fingerprint density at radius 2 is 1.64 bits per heavy atom. The van der Waals surface area contributed by atoms with Crippen molar-refractivity contribution in [2.45, 2.75) is 25.6 Å². The van der Waals surface area contributed by atoms with Gasteiger partial charge in [0.05, 0.1) is 21.4 Å². The summed E-state index contributed by atoms with van der Waals surface area (Å²) < 4.78 is 0. The number of nitrogens with zero attached hydrogens (tertiary/aromatic N) is 2. The summed E-state index contributed by atoms with van der Waals surface area (Å²) in [6.07, 6.45) is 0. The molecule has 132 valence electrons. The Labute approximate surface area is 155 Å². The number of rotatable bonds is 3. The average molecular weight is 380 g/mol. The van der Waals surface area contributed by atoms with E-state index >= 15 is 0 Å². The molecule has 1 amide bonds. The van der Waals surface area contributed by atoms with Crippen molar-refractivity contribution in [1.82, 2.24) is 5.32 Å². The van der Waals surface area contributed by atoms with Crippen molar-refractivity contribution in [2.75, 3.05) is 10.1 Å². The highest BCUT2D eigenvalue weighted by Crippen LogP contribution is 2.42. The van der Waals surface area contributed by atoms with Crippen LogP contribution in [0.4, 0.5) is 11.4 Å². The van der Waals surface area contributed by atoms with Crippen molar-refractivity contribution < 1.29 is 4.79 Å². The molecule has 2 atom stereocenters.